The summed E-state index contributed by atoms with van der Waals surface area (Å²) in [5, 5.41) is 13.6. The molecule has 2 aromatic carbocycles. The van der Waals surface area contributed by atoms with Crippen LogP contribution in [0, 0.1) is 30.6 Å². The molecule has 1 aromatic heterocycles. The van der Waals surface area contributed by atoms with Gasteiger partial charge in [0.25, 0.3) is 5.91 Å². The summed E-state index contributed by atoms with van der Waals surface area (Å²) >= 11 is 0. The molecule has 1 N–H and O–H groups in total. The summed E-state index contributed by atoms with van der Waals surface area (Å²) in [6, 6.07) is 21.2. The molecule has 0 bridgehead atoms. The fourth-order valence-corrected chi connectivity index (χ4v) is 4.74. The second-order valence-electron chi connectivity index (χ2n) is 8.48. The minimum atomic E-state index is -1.69. The van der Waals surface area contributed by atoms with Crippen molar-refractivity contribution >= 4 is 11.9 Å². The SMILES string of the molecule is COC(=O)C1(C#N)C(c2ccc(C)cc2)NC(=O)C([n+]2ccccc2)C1c1ccc(C)cc1.[Br-]. The molecule has 4 rings (SSSR count). The summed E-state index contributed by atoms with van der Waals surface area (Å²) in [5.74, 6) is -1.73. The van der Waals surface area contributed by atoms with Crippen LogP contribution in [0.1, 0.15) is 40.3 Å². The molecule has 1 fully saturated rings. The maximum absolute atomic E-state index is 13.6. The van der Waals surface area contributed by atoms with Crippen molar-refractivity contribution in [3.05, 3.63) is 101 Å². The second kappa shape index (κ2) is 10.2. The van der Waals surface area contributed by atoms with Crippen LogP contribution in [-0.2, 0) is 14.3 Å². The van der Waals surface area contributed by atoms with Crippen molar-refractivity contribution in [2.75, 3.05) is 7.11 Å². The van der Waals surface area contributed by atoms with Crippen LogP contribution in [0.25, 0.3) is 0 Å². The number of piperidine rings is 1. The molecule has 34 heavy (non-hydrogen) atoms. The Morgan fingerprint density at radius 1 is 0.971 bits per heavy atom. The first-order valence-electron chi connectivity index (χ1n) is 10.8. The number of hydrogen-bond donors (Lipinski definition) is 1. The summed E-state index contributed by atoms with van der Waals surface area (Å²) in [6.07, 6.45) is 3.55. The number of hydrogen-bond acceptors (Lipinski definition) is 4. The van der Waals surface area contributed by atoms with Crippen LogP contribution < -0.4 is 26.9 Å². The van der Waals surface area contributed by atoms with E-state index in [-0.39, 0.29) is 22.9 Å². The van der Waals surface area contributed by atoms with Gasteiger partial charge < -0.3 is 27.0 Å². The molecule has 0 spiro atoms. The predicted octanol–water partition coefficient (Wildman–Crippen LogP) is 0.474. The van der Waals surface area contributed by atoms with Crippen molar-refractivity contribution in [3.63, 3.8) is 0 Å². The van der Waals surface area contributed by atoms with Gasteiger partial charge in [-0.2, -0.15) is 9.83 Å². The molecule has 4 atom stereocenters. The molecule has 1 saturated heterocycles. The monoisotopic (exact) mass is 519 g/mol. The third kappa shape index (κ3) is 4.22. The number of aryl methyl sites for hydroxylation is 2. The molecule has 1 aliphatic rings. The minimum absolute atomic E-state index is 0. The summed E-state index contributed by atoms with van der Waals surface area (Å²) in [7, 11) is 1.28. The van der Waals surface area contributed by atoms with Gasteiger partial charge in [-0.1, -0.05) is 65.7 Å². The third-order valence-corrected chi connectivity index (χ3v) is 6.43. The summed E-state index contributed by atoms with van der Waals surface area (Å²) in [5.41, 5.74) is 1.78. The molecule has 174 valence electrons. The largest absolute Gasteiger partial charge is 1.00 e. The second-order valence-corrected chi connectivity index (χ2v) is 8.48. The number of nitriles is 1. The van der Waals surface area contributed by atoms with Crippen molar-refractivity contribution in [2.24, 2.45) is 5.41 Å². The van der Waals surface area contributed by atoms with Gasteiger partial charge in [-0.05, 0) is 25.0 Å². The summed E-state index contributed by atoms with van der Waals surface area (Å²) in [4.78, 5) is 27.1. The number of nitrogens with one attached hydrogen (secondary N) is 1. The lowest BCUT2D eigenvalue weighted by atomic mass is 9.61. The number of rotatable bonds is 4. The number of carbonyl (C=O) groups is 2. The summed E-state index contributed by atoms with van der Waals surface area (Å²) in [6.45, 7) is 3.92. The Bertz CT molecular complexity index is 1210. The van der Waals surface area contributed by atoms with E-state index in [0.29, 0.717) is 5.56 Å². The molecule has 2 heterocycles. The number of halogens is 1. The molecule has 1 amide bonds. The van der Waals surface area contributed by atoms with Gasteiger partial charge in [-0.15, -0.1) is 0 Å². The van der Waals surface area contributed by atoms with Crippen molar-refractivity contribution in [3.8, 4) is 6.07 Å². The van der Waals surface area contributed by atoms with Crippen LogP contribution >= 0.6 is 0 Å². The molecule has 6 nitrogen and oxygen atoms in total. The molecular formula is C27H26BrN3O3. The number of aromatic nitrogens is 1. The van der Waals surface area contributed by atoms with Crippen LogP contribution in [-0.4, -0.2) is 19.0 Å². The summed E-state index contributed by atoms with van der Waals surface area (Å²) < 4.78 is 6.98. The Morgan fingerprint density at radius 2 is 1.50 bits per heavy atom. The number of pyridine rings is 1. The predicted molar refractivity (Wildman–Crippen MR) is 122 cm³/mol. The molecule has 7 heteroatoms. The van der Waals surface area contributed by atoms with Crippen LogP contribution in [0.2, 0.25) is 0 Å². The Kier molecular flexibility index (Phi) is 7.53. The van der Waals surface area contributed by atoms with Gasteiger partial charge in [0.2, 0.25) is 6.04 Å². The number of benzene rings is 2. The fraction of sp³-hybridized carbons (Fsp3) is 0.259. The minimum Gasteiger partial charge on any atom is -1.00 e. The van der Waals surface area contributed by atoms with Crippen molar-refractivity contribution in [1.82, 2.24) is 5.32 Å². The average Bonchev–Trinajstić information content (AvgIpc) is 2.84. The normalized spacial score (nSPS) is 23.7. The van der Waals surface area contributed by atoms with Gasteiger partial charge in [-0.3, -0.25) is 9.59 Å². The van der Waals surface area contributed by atoms with E-state index in [4.69, 9.17) is 4.74 Å². The van der Waals surface area contributed by atoms with Gasteiger partial charge in [0.1, 0.15) is 0 Å². The Morgan fingerprint density at radius 3 is 2.00 bits per heavy atom. The standard InChI is InChI=1S/C27H25N3O3.BrH/c1-18-7-11-20(12-8-18)22-23(30-15-5-4-6-16-30)25(31)29-24(21-13-9-19(2)10-14-21)27(22,17-28)26(32)33-3;/h4-16,22-24H,1-3H3;1H. The maximum atomic E-state index is 13.6. The lowest BCUT2D eigenvalue weighted by Crippen LogP contribution is -3.00. The zero-order valence-corrected chi connectivity index (χ0v) is 20.8. The van der Waals surface area contributed by atoms with E-state index in [0.717, 1.165) is 16.7 Å². The van der Waals surface area contributed by atoms with Crippen LogP contribution in [0.5, 0.6) is 0 Å². The number of nitrogens with zero attached hydrogens (tertiary/aromatic N) is 2. The van der Waals surface area contributed by atoms with Crippen LogP contribution in [0.3, 0.4) is 0 Å². The molecular weight excluding hydrogens is 494 g/mol. The Balaban J connectivity index is 0.00000324. The van der Waals surface area contributed by atoms with Gasteiger partial charge in [0.05, 0.1) is 25.1 Å². The van der Waals surface area contributed by atoms with E-state index in [9.17, 15) is 14.9 Å². The van der Waals surface area contributed by atoms with Crippen molar-refractivity contribution in [2.45, 2.75) is 31.8 Å². The number of amides is 1. The zero-order chi connectivity index (χ0) is 23.6. The Labute approximate surface area is 210 Å². The highest BCUT2D eigenvalue weighted by atomic mass is 79.9. The quantitative estimate of drug-likeness (QED) is 0.401. The lowest BCUT2D eigenvalue weighted by molar-refractivity contribution is -0.715. The first-order chi connectivity index (χ1) is 15.9. The van der Waals surface area contributed by atoms with Gasteiger partial charge in [-0.25, -0.2) is 0 Å². The van der Waals surface area contributed by atoms with E-state index >= 15 is 0 Å². The topological polar surface area (TPSA) is 83.1 Å². The molecule has 0 radical (unpaired) electrons. The highest BCUT2D eigenvalue weighted by molar-refractivity contribution is 5.90. The van der Waals surface area contributed by atoms with E-state index in [1.807, 2.05) is 80.6 Å². The van der Waals surface area contributed by atoms with E-state index in [1.54, 1.807) is 17.0 Å². The van der Waals surface area contributed by atoms with Gasteiger partial charge >= 0.3 is 5.97 Å². The number of ether oxygens (including phenoxy) is 1. The first-order valence-corrected chi connectivity index (χ1v) is 10.8. The number of carbonyl (C=O) groups excluding carboxylic acids is 2. The molecule has 3 aromatic rings. The molecule has 0 saturated carbocycles. The van der Waals surface area contributed by atoms with Crippen LogP contribution in [0.15, 0.2) is 79.1 Å². The van der Waals surface area contributed by atoms with Gasteiger partial charge in [0.15, 0.2) is 17.8 Å². The molecule has 4 unspecified atom stereocenters. The average molecular weight is 520 g/mol. The fourth-order valence-electron chi connectivity index (χ4n) is 4.74. The lowest BCUT2D eigenvalue weighted by Gasteiger charge is -2.44. The molecule has 1 aliphatic heterocycles. The van der Waals surface area contributed by atoms with Gasteiger partial charge in [0, 0.05) is 12.1 Å². The van der Waals surface area contributed by atoms with E-state index in [1.165, 1.54) is 7.11 Å². The zero-order valence-electron chi connectivity index (χ0n) is 19.2. The smallest absolute Gasteiger partial charge is 0.329 e. The van der Waals surface area contributed by atoms with E-state index < -0.39 is 29.4 Å². The van der Waals surface area contributed by atoms with Crippen molar-refractivity contribution in [1.29, 1.82) is 5.26 Å². The van der Waals surface area contributed by atoms with Crippen LogP contribution in [0.4, 0.5) is 0 Å². The molecule has 0 aliphatic carbocycles. The van der Waals surface area contributed by atoms with E-state index in [2.05, 4.69) is 11.4 Å². The Hall–Kier alpha value is -3.50. The highest BCUT2D eigenvalue weighted by Crippen LogP contribution is 2.53. The van der Waals surface area contributed by atoms with Crippen molar-refractivity contribution < 1.29 is 35.9 Å². The highest BCUT2D eigenvalue weighted by Gasteiger charge is 2.65. The third-order valence-electron chi connectivity index (χ3n) is 6.43. The maximum Gasteiger partial charge on any atom is 0.329 e. The number of methoxy groups -OCH3 is 1. The first kappa shape index (κ1) is 25.1. The number of esters is 1.